The molecule has 2 aromatic rings. The summed E-state index contributed by atoms with van der Waals surface area (Å²) in [7, 11) is 1.36. The highest BCUT2D eigenvalue weighted by Crippen LogP contribution is 2.40. The van der Waals surface area contributed by atoms with Crippen LogP contribution in [0.15, 0.2) is 48.5 Å². The van der Waals surface area contributed by atoms with E-state index in [1.54, 1.807) is 30.3 Å². The molecular formula is C20H17NO3. The van der Waals surface area contributed by atoms with E-state index in [0.717, 1.165) is 22.4 Å². The van der Waals surface area contributed by atoms with Crippen LogP contribution in [0.1, 0.15) is 40.9 Å². The molecule has 0 saturated carbocycles. The van der Waals surface area contributed by atoms with E-state index in [1.807, 2.05) is 32.1 Å². The van der Waals surface area contributed by atoms with Gasteiger partial charge < -0.3 is 9.47 Å². The molecular weight excluding hydrogens is 302 g/mol. The van der Waals surface area contributed by atoms with Gasteiger partial charge in [0.2, 0.25) is 0 Å². The summed E-state index contributed by atoms with van der Waals surface area (Å²) in [6.45, 7) is 3.96. The standard InChI is InChI=1S/C20H17NO3/c1-20(2)11-17(14-6-4-13(12-21)5-7-14)16-10-15(19(22)23-3)8-9-18(16)24-20/h4-11H,1-3H3. The number of nitriles is 1. The summed E-state index contributed by atoms with van der Waals surface area (Å²) in [6.07, 6.45) is 2.03. The first-order chi connectivity index (χ1) is 11.4. The lowest BCUT2D eigenvalue weighted by atomic mass is 9.89. The zero-order valence-corrected chi connectivity index (χ0v) is 13.8. The maximum Gasteiger partial charge on any atom is 0.337 e. The number of hydrogen-bond acceptors (Lipinski definition) is 4. The van der Waals surface area contributed by atoms with E-state index in [2.05, 4.69) is 6.07 Å². The van der Waals surface area contributed by atoms with Crippen molar-refractivity contribution < 1.29 is 14.3 Å². The van der Waals surface area contributed by atoms with E-state index < -0.39 is 5.60 Å². The number of ether oxygens (including phenoxy) is 2. The Balaban J connectivity index is 2.15. The van der Waals surface area contributed by atoms with Crippen molar-refractivity contribution in [2.75, 3.05) is 7.11 Å². The fourth-order valence-electron chi connectivity index (χ4n) is 2.78. The van der Waals surface area contributed by atoms with Gasteiger partial charge in [-0.2, -0.15) is 5.26 Å². The number of hydrogen-bond donors (Lipinski definition) is 0. The molecule has 0 fully saturated rings. The molecule has 3 rings (SSSR count). The third-order valence-electron chi connectivity index (χ3n) is 3.88. The van der Waals surface area contributed by atoms with Gasteiger partial charge >= 0.3 is 5.97 Å². The SMILES string of the molecule is COC(=O)c1ccc2c(c1)C(c1ccc(C#N)cc1)=CC(C)(C)O2. The second kappa shape index (κ2) is 5.86. The largest absolute Gasteiger partial charge is 0.483 e. The molecule has 0 bridgehead atoms. The molecule has 1 heterocycles. The Kier molecular flexibility index (Phi) is 3.86. The summed E-state index contributed by atoms with van der Waals surface area (Å²) >= 11 is 0. The smallest absolute Gasteiger partial charge is 0.337 e. The van der Waals surface area contributed by atoms with Gasteiger partial charge in [0.05, 0.1) is 24.3 Å². The Morgan fingerprint density at radius 2 is 1.88 bits per heavy atom. The fraction of sp³-hybridized carbons (Fsp3) is 0.200. The van der Waals surface area contributed by atoms with Crippen molar-refractivity contribution in [3.63, 3.8) is 0 Å². The van der Waals surface area contributed by atoms with Crippen LogP contribution in [-0.2, 0) is 4.74 Å². The fourth-order valence-corrected chi connectivity index (χ4v) is 2.78. The van der Waals surface area contributed by atoms with Crippen LogP contribution in [0.3, 0.4) is 0 Å². The minimum absolute atomic E-state index is 0.387. The van der Waals surface area contributed by atoms with Crippen molar-refractivity contribution in [2.24, 2.45) is 0 Å². The van der Waals surface area contributed by atoms with E-state index in [-0.39, 0.29) is 5.97 Å². The van der Waals surface area contributed by atoms with Gasteiger partial charge in [0.15, 0.2) is 0 Å². The van der Waals surface area contributed by atoms with Gasteiger partial charge in [0.1, 0.15) is 11.4 Å². The van der Waals surface area contributed by atoms with Crippen LogP contribution < -0.4 is 4.74 Å². The van der Waals surface area contributed by atoms with Crippen LogP contribution in [-0.4, -0.2) is 18.7 Å². The molecule has 24 heavy (non-hydrogen) atoms. The minimum Gasteiger partial charge on any atom is -0.483 e. The van der Waals surface area contributed by atoms with E-state index in [1.165, 1.54) is 7.11 Å². The summed E-state index contributed by atoms with van der Waals surface area (Å²) in [6, 6.07) is 14.8. The van der Waals surface area contributed by atoms with E-state index in [0.29, 0.717) is 11.1 Å². The third kappa shape index (κ3) is 2.89. The van der Waals surface area contributed by atoms with Gasteiger partial charge in [0.25, 0.3) is 0 Å². The van der Waals surface area contributed by atoms with Crippen LogP contribution in [0.4, 0.5) is 0 Å². The molecule has 0 unspecified atom stereocenters. The zero-order chi connectivity index (χ0) is 17.3. The molecule has 4 nitrogen and oxygen atoms in total. The van der Waals surface area contributed by atoms with E-state index in [4.69, 9.17) is 14.7 Å². The van der Waals surface area contributed by atoms with Crippen molar-refractivity contribution >= 4 is 11.5 Å². The quantitative estimate of drug-likeness (QED) is 0.787. The topological polar surface area (TPSA) is 59.3 Å². The molecule has 2 aromatic carbocycles. The van der Waals surface area contributed by atoms with Crippen molar-refractivity contribution in [2.45, 2.75) is 19.4 Å². The highest BCUT2D eigenvalue weighted by atomic mass is 16.5. The maximum atomic E-state index is 11.8. The first-order valence-electron chi connectivity index (χ1n) is 7.59. The maximum absolute atomic E-state index is 11.8. The Bertz CT molecular complexity index is 871. The Morgan fingerprint density at radius 1 is 1.17 bits per heavy atom. The predicted molar refractivity (Wildman–Crippen MR) is 90.7 cm³/mol. The molecule has 0 radical (unpaired) electrons. The Hall–Kier alpha value is -3.06. The molecule has 120 valence electrons. The van der Waals surface area contributed by atoms with Crippen LogP contribution in [0.25, 0.3) is 5.57 Å². The second-order valence-electron chi connectivity index (χ2n) is 6.16. The Morgan fingerprint density at radius 3 is 2.50 bits per heavy atom. The predicted octanol–water partition coefficient (Wildman–Crippen LogP) is 3.95. The monoisotopic (exact) mass is 319 g/mol. The highest BCUT2D eigenvalue weighted by molar-refractivity contribution is 5.93. The second-order valence-corrected chi connectivity index (χ2v) is 6.16. The molecule has 0 atom stereocenters. The highest BCUT2D eigenvalue weighted by Gasteiger charge is 2.28. The normalized spacial score (nSPS) is 14.7. The van der Waals surface area contributed by atoms with Crippen LogP contribution in [0.5, 0.6) is 5.75 Å². The lowest BCUT2D eigenvalue weighted by molar-refractivity contribution is 0.0600. The van der Waals surface area contributed by atoms with Gasteiger partial charge in [-0.15, -0.1) is 0 Å². The number of benzene rings is 2. The summed E-state index contributed by atoms with van der Waals surface area (Å²) < 4.78 is 10.8. The summed E-state index contributed by atoms with van der Waals surface area (Å²) in [4.78, 5) is 11.8. The molecule has 1 aliphatic rings. The average Bonchev–Trinajstić information content (AvgIpc) is 2.59. The van der Waals surface area contributed by atoms with Crippen LogP contribution in [0, 0.1) is 11.3 Å². The van der Waals surface area contributed by atoms with Crippen LogP contribution in [0.2, 0.25) is 0 Å². The zero-order valence-electron chi connectivity index (χ0n) is 13.8. The summed E-state index contributed by atoms with van der Waals surface area (Å²) in [5, 5.41) is 8.97. The number of rotatable bonds is 2. The molecule has 4 heteroatoms. The molecule has 1 aliphatic heterocycles. The number of carbonyl (C=O) groups is 1. The van der Waals surface area contributed by atoms with E-state index >= 15 is 0 Å². The molecule has 0 aliphatic carbocycles. The van der Waals surface area contributed by atoms with Crippen molar-refractivity contribution in [1.82, 2.24) is 0 Å². The van der Waals surface area contributed by atoms with Crippen molar-refractivity contribution in [3.8, 4) is 11.8 Å². The van der Waals surface area contributed by atoms with Crippen LogP contribution >= 0.6 is 0 Å². The number of methoxy groups -OCH3 is 1. The number of nitrogens with zero attached hydrogens (tertiary/aromatic N) is 1. The molecule has 0 spiro atoms. The molecule has 0 saturated heterocycles. The first-order valence-corrected chi connectivity index (χ1v) is 7.59. The van der Waals surface area contributed by atoms with Gasteiger partial charge in [-0.25, -0.2) is 4.79 Å². The Labute approximate surface area is 140 Å². The van der Waals surface area contributed by atoms with Crippen molar-refractivity contribution in [3.05, 3.63) is 70.8 Å². The van der Waals surface area contributed by atoms with Gasteiger partial charge in [-0.3, -0.25) is 0 Å². The summed E-state index contributed by atoms with van der Waals surface area (Å²) in [5.74, 6) is 0.330. The van der Waals surface area contributed by atoms with E-state index in [9.17, 15) is 4.79 Å². The summed E-state index contributed by atoms with van der Waals surface area (Å²) in [5.41, 5.74) is 3.38. The minimum atomic E-state index is -0.469. The third-order valence-corrected chi connectivity index (χ3v) is 3.88. The lowest BCUT2D eigenvalue weighted by Gasteiger charge is -2.31. The number of esters is 1. The van der Waals surface area contributed by atoms with Crippen molar-refractivity contribution in [1.29, 1.82) is 5.26 Å². The van der Waals surface area contributed by atoms with Gasteiger partial charge in [-0.1, -0.05) is 12.1 Å². The number of carbonyl (C=O) groups excluding carboxylic acids is 1. The van der Waals surface area contributed by atoms with Gasteiger partial charge in [-0.05, 0) is 61.4 Å². The average molecular weight is 319 g/mol. The molecule has 0 N–H and O–H groups in total. The molecule has 0 aromatic heterocycles. The number of fused-ring (bicyclic) bond motifs is 1. The first kappa shape index (κ1) is 15.8. The lowest BCUT2D eigenvalue weighted by Crippen LogP contribution is -2.29. The molecule has 0 amide bonds. The van der Waals surface area contributed by atoms with Gasteiger partial charge in [0, 0.05) is 5.56 Å².